The largest absolute Gasteiger partial charge is 0.493 e. The summed E-state index contributed by atoms with van der Waals surface area (Å²) in [5.74, 6) is 2.23. The number of β-amino-alcohol motifs (C(OH)–C–C–N with tert-alkyl or cyclic N) is 1. The molecule has 2 aromatic rings. The first kappa shape index (κ1) is 22.6. The van der Waals surface area contributed by atoms with Crippen molar-refractivity contribution in [2.75, 3.05) is 6.54 Å². The van der Waals surface area contributed by atoms with Gasteiger partial charge in [-0.05, 0) is 44.0 Å². The lowest BCUT2D eigenvalue weighted by atomic mass is 10.1. The number of aliphatic hydroxyl groups excluding tert-OH is 1. The van der Waals surface area contributed by atoms with Gasteiger partial charge >= 0.3 is 6.03 Å². The van der Waals surface area contributed by atoms with E-state index in [2.05, 4.69) is 15.5 Å². The Labute approximate surface area is 193 Å². The SMILES string of the molecule is CCC(NC(=O)N1C[C@@H](O)CC1c1nnc(C)n1Cc1ccc(Cl)cc1)C1=CCC(C)O1. The lowest BCUT2D eigenvalue weighted by Gasteiger charge is -2.28. The zero-order chi connectivity index (χ0) is 22.8. The maximum atomic E-state index is 13.2. The molecule has 0 aliphatic carbocycles. The Bertz CT molecular complexity index is 990. The third kappa shape index (κ3) is 4.76. The highest BCUT2D eigenvalue weighted by Crippen LogP contribution is 2.32. The molecule has 0 radical (unpaired) electrons. The molecule has 0 spiro atoms. The van der Waals surface area contributed by atoms with Crippen LogP contribution in [0, 0.1) is 6.92 Å². The van der Waals surface area contributed by atoms with Crippen molar-refractivity contribution in [2.45, 2.75) is 70.9 Å². The molecule has 1 aromatic heterocycles. The van der Waals surface area contributed by atoms with Gasteiger partial charge in [-0.2, -0.15) is 0 Å². The number of rotatable bonds is 6. The first-order valence-electron chi connectivity index (χ1n) is 11.1. The number of carbonyl (C=O) groups excluding carboxylic acids is 1. The van der Waals surface area contributed by atoms with Crippen LogP contribution in [0.1, 0.15) is 56.4 Å². The zero-order valence-corrected chi connectivity index (χ0v) is 19.4. The summed E-state index contributed by atoms with van der Waals surface area (Å²) in [7, 11) is 0. The molecule has 2 aliphatic heterocycles. The predicted molar refractivity (Wildman–Crippen MR) is 121 cm³/mol. The predicted octanol–water partition coefficient (Wildman–Crippen LogP) is 3.58. The first-order valence-corrected chi connectivity index (χ1v) is 11.5. The summed E-state index contributed by atoms with van der Waals surface area (Å²) in [6.45, 7) is 6.72. The molecule has 4 atom stereocenters. The standard InChI is InChI=1S/C23H30ClN5O3/c1-4-19(21-10-5-14(2)32-21)25-23(31)29-13-18(30)11-20(29)22-27-26-15(3)28(22)12-16-6-8-17(24)9-7-16/h6-10,14,18-20,30H,4-5,11-13H2,1-3H3,(H,25,31)/t14?,18-,19?,20?/m0/s1. The van der Waals surface area contributed by atoms with Crippen molar-refractivity contribution in [1.29, 1.82) is 0 Å². The number of nitrogens with zero attached hydrogens (tertiary/aromatic N) is 4. The Morgan fingerprint density at radius 1 is 1.34 bits per heavy atom. The van der Waals surface area contributed by atoms with Crippen LogP contribution in [0.15, 0.2) is 36.1 Å². The average molecular weight is 460 g/mol. The molecule has 2 aliphatic rings. The molecule has 3 heterocycles. The van der Waals surface area contributed by atoms with Gasteiger partial charge in [0.2, 0.25) is 0 Å². The summed E-state index contributed by atoms with van der Waals surface area (Å²) in [5.41, 5.74) is 1.05. The number of urea groups is 1. The van der Waals surface area contributed by atoms with E-state index >= 15 is 0 Å². The topological polar surface area (TPSA) is 92.5 Å². The Morgan fingerprint density at radius 3 is 2.75 bits per heavy atom. The Balaban J connectivity index is 1.54. The second-order valence-corrected chi connectivity index (χ2v) is 8.99. The number of nitrogens with one attached hydrogen (secondary N) is 1. The molecule has 1 saturated heterocycles. The molecule has 0 saturated carbocycles. The molecule has 4 rings (SSSR count). The van der Waals surface area contributed by atoms with E-state index in [4.69, 9.17) is 16.3 Å². The van der Waals surface area contributed by atoms with E-state index in [-0.39, 0.29) is 30.8 Å². The summed E-state index contributed by atoms with van der Waals surface area (Å²) in [6, 6.07) is 6.82. The molecular weight excluding hydrogens is 430 g/mol. The van der Waals surface area contributed by atoms with Crippen molar-refractivity contribution in [3.05, 3.63) is 58.3 Å². The molecule has 0 bridgehead atoms. The van der Waals surface area contributed by atoms with E-state index in [0.29, 0.717) is 23.8 Å². The average Bonchev–Trinajstić information content (AvgIpc) is 3.47. The Kier molecular flexibility index (Phi) is 6.71. The van der Waals surface area contributed by atoms with Crippen molar-refractivity contribution in [3.8, 4) is 0 Å². The van der Waals surface area contributed by atoms with Crippen molar-refractivity contribution >= 4 is 17.6 Å². The maximum Gasteiger partial charge on any atom is 0.318 e. The van der Waals surface area contributed by atoms with Crippen LogP contribution in [-0.4, -0.2) is 55.6 Å². The van der Waals surface area contributed by atoms with Crippen LogP contribution in [-0.2, 0) is 11.3 Å². The number of aryl methyl sites for hydroxylation is 1. The summed E-state index contributed by atoms with van der Waals surface area (Å²) in [5, 5.41) is 22.8. The van der Waals surface area contributed by atoms with E-state index in [9.17, 15) is 9.90 Å². The van der Waals surface area contributed by atoms with Crippen LogP contribution in [0.5, 0.6) is 0 Å². The first-order chi connectivity index (χ1) is 15.4. The minimum Gasteiger partial charge on any atom is -0.493 e. The van der Waals surface area contributed by atoms with Gasteiger partial charge in [-0.1, -0.05) is 30.7 Å². The smallest absolute Gasteiger partial charge is 0.318 e. The number of carbonyl (C=O) groups is 1. The molecule has 1 fully saturated rings. The number of hydrogen-bond donors (Lipinski definition) is 2. The summed E-state index contributed by atoms with van der Waals surface area (Å²) < 4.78 is 7.84. The number of halogens is 1. The summed E-state index contributed by atoms with van der Waals surface area (Å²) in [4.78, 5) is 14.9. The third-order valence-corrected chi connectivity index (χ3v) is 6.35. The molecule has 2 N–H and O–H groups in total. The van der Waals surface area contributed by atoms with Crippen LogP contribution in [0.4, 0.5) is 4.79 Å². The molecule has 32 heavy (non-hydrogen) atoms. The Hall–Kier alpha value is -2.58. The second kappa shape index (κ2) is 9.50. The molecule has 9 heteroatoms. The second-order valence-electron chi connectivity index (χ2n) is 8.56. The van der Waals surface area contributed by atoms with E-state index in [1.165, 1.54) is 0 Å². The van der Waals surface area contributed by atoms with Crippen LogP contribution in [0.25, 0.3) is 0 Å². The molecular formula is C23H30ClN5O3. The lowest BCUT2D eigenvalue weighted by Crippen LogP contribution is -2.46. The number of likely N-dealkylation sites (tertiary alicyclic amines) is 1. The van der Waals surface area contributed by atoms with E-state index < -0.39 is 6.10 Å². The molecule has 2 amide bonds. The minimum atomic E-state index is -0.617. The molecule has 1 aromatic carbocycles. The lowest BCUT2D eigenvalue weighted by molar-refractivity contribution is 0.134. The number of ether oxygens (including phenoxy) is 1. The van der Waals surface area contributed by atoms with Gasteiger partial charge in [0.05, 0.1) is 30.8 Å². The van der Waals surface area contributed by atoms with Crippen molar-refractivity contribution in [3.63, 3.8) is 0 Å². The van der Waals surface area contributed by atoms with E-state index in [1.54, 1.807) is 4.90 Å². The molecule has 3 unspecified atom stereocenters. The fourth-order valence-corrected chi connectivity index (χ4v) is 4.46. The summed E-state index contributed by atoms with van der Waals surface area (Å²) in [6.07, 6.45) is 3.54. The normalized spacial score (nSPS) is 23.7. The number of hydrogen-bond acceptors (Lipinski definition) is 5. The van der Waals surface area contributed by atoms with E-state index in [0.717, 1.165) is 30.0 Å². The van der Waals surface area contributed by atoms with Gasteiger partial charge in [0.1, 0.15) is 11.6 Å². The highest BCUT2D eigenvalue weighted by molar-refractivity contribution is 6.30. The fraction of sp³-hybridized carbons (Fsp3) is 0.522. The summed E-state index contributed by atoms with van der Waals surface area (Å²) >= 11 is 6.01. The van der Waals surface area contributed by atoms with Gasteiger partial charge in [0.15, 0.2) is 5.82 Å². The maximum absolute atomic E-state index is 13.2. The zero-order valence-electron chi connectivity index (χ0n) is 18.7. The van der Waals surface area contributed by atoms with Crippen molar-refractivity contribution < 1.29 is 14.6 Å². The van der Waals surface area contributed by atoms with Gasteiger partial charge in [0, 0.05) is 24.4 Å². The van der Waals surface area contributed by atoms with Crippen LogP contribution in [0.2, 0.25) is 5.02 Å². The van der Waals surface area contributed by atoms with Crippen LogP contribution in [0.3, 0.4) is 0 Å². The highest BCUT2D eigenvalue weighted by atomic mass is 35.5. The van der Waals surface area contributed by atoms with Gasteiger partial charge in [0.25, 0.3) is 0 Å². The number of amides is 2. The molecule has 8 nitrogen and oxygen atoms in total. The highest BCUT2D eigenvalue weighted by Gasteiger charge is 2.39. The van der Waals surface area contributed by atoms with Crippen molar-refractivity contribution in [1.82, 2.24) is 25.0 Å². The van der Waals surface area contributed by atoms with Gasteiger partial charge < -0.3 is 24.6 Å². The number of aliphatic hydroxyl groups is 1. The third-order valence-electron chi connectivity index (χ3n) is 6.09. The minimum absolute atomic E-state index is 0.131. The fourth-order valence-electron chi connectivity index (χ4n) is 4.34. The van der Waals surface area contributed by atoms with Crippen molar-refractivity contribution in [2.24, 2.45) is 0 Å². The van der Waals surface area contributed by atoms with Gasteiger partial charge in [-0.15, -0.1) is 10.2 Å². The number of aromatic nitrogens is 3. The quantitative estimate of drug-likeness (QED) is 0.688. The van der Waals surface area contributed by atoms with E-state index in [1.807, 2.05) is 55.7 Å². The van der Waals surface area contributed by atoms with Gasteiger partial charge in [-0.3, -0.25) is 0 Å². The Morgan fingerprint density at radius 2 is 2.09 bits per heavy atom. The monoisotopic (exact) mass is 459 g/mol. The number of benzene rings is 1. The molecule has 172 valence electrons. The van der Waals surface area contributed by atoms with Gasteiger partial charge in [-0.25, -0.2) is 4.79 Å². The van der Waals surface area contributed by atoms with Crippen LogP contribution >= 0.6 is 11.6 Å². The van der Waals surface area contributed by atoms with Crippen LogP contribution < -0.4 is 5.32 Å².